The topological polar surface area (TPSA) is 73.1 Å². The monoisotopic (exact) mass is 316 g/mol. The normalized spacial score (nSPS) is 10.5. The summed E-state index contributed by atoms with van der Waals surface area (Å²) in [5.41, 5.74) is 7.08. The molecule has 0 fully saturated rings. The zero-order chi connectivity index (χ0) is 14.8. The number of ether oxygens (including phenoxy) is 1. The quantitative estimate of drug-likeness (QED) is 0.721. The highest BCUT2D eigenvalue weighted by Crippen LogP contribution is 2.30. The van der Waals surface area contributed by atoms with Crippen molar-refractivity contribution in [3.8, 4) is 5.75 Å². The molecule has 2 heterocycles. The second kappa shape index (κ2) is 5.63. The molecule has 0 saturated heterocycles. The van der Waals surface area contributed by atoms with Crippen LogP contribution in [0.2, 0.25) is 0 Å². The lowest BCUT2D eigenvalue weighted by atomic mass is 10.3. The Hall–Kier alpha value is -2.25. The number of anilines is 2. The summed E-state index contributed by atoms with van der Waals surface area (Å²) < 4.78 is 6.25. The lowest BCUT2D eigenvalue weighted by Crippen LogP contribution is -2.12. The van der Waals surface area contributed by atoms with Gasteiger partial charge < -0.3 is 15.8 Å². The summed E-state index contributed by atoms with van der Waals surface area (Å²) in [4.78, 5) is 9.11. The minimum atomic E-state index is 0.271. The number of methoxy groups -OCH3 is 1. The molecule has 3 rings (SSSR count). The second-order valence-electron chi connectivity index (χ2n) is 4.25. The number of thiazole rings is 1. The van der Waals surface area contributed by atoms with Gasteiger partial charge in [0.2, 0.25) is 0 Å². The van der Waals surface area contributed by atoms with E-state index in [1.165, 1.54) is 11.3 Å². The molecule has 0 unspecified atom stereocenters. The number of hydrogen-bond donors (Lipinski definition) is 2. The molecule has 7 heteroatoms. The molecule has 5 nitrogen and oxygen atoms in total. The number of nitrogens with zero attached hydrogens (tertiary/aromatic N) is 2. The van der Waals surface area contributed by atoms with Crippen LogP contribution in [0.3, 0.4) is 0 Å². The number of rotatable bonds is 4. The molecule has 0 atom stereocenters. The highest BCUT2D eigenvalue weighted by atomic mass is 32.1. The van der Waals surface area contributed by atoms with Crippen molar-refractivity contribution in [2.75, 3.05) is 12.4 Å². The first-order chi connectivity index (χ1) is 10.2. The van der Waals surface area contributed by atoms with Crippen molar-refractivity contribution >= 4 is 49.7 Å². The third kappa shape index (κ3) is 2.93. The Kier molecular flexibility index (Phi) is 3.68. The summed E-state index contributed by atoms with van der Waals surface area (Å²) in [6, 6.07) is 11.2. The molecule has 0 saturated carbocycles. The summed E-state index contributed by atoms with van der Waals surface area (Å²) >= 11 is 6.46. The Morgan fingerprint density at radius 1 is 1.29 bits per heavy atom. The molecule has 0 spiro atoms. The van der Waals surface area contributed by atoms with E-state index in [1.807, 2.05) is 30.3 Å². The largest absolute Gasteiger partial charge is 0.497 e. The average Bonchev–Trinajstić information content (AvgIpc) is 2.88. The average molecular weight is 316 g/mol. The maximum Gasteiger partial charge on any atom is 0.189 e. The predicted molar refractivity (Wildman–Crippen MR) is 89.6 cm³/mol. The Morgan fingerprint density at radius 2 is 2.14 bits per heavy atom. The van der Waals surface area contributed by atoms with Crippen LogP contribution in [0.15, 0.2) is 36.4 Å². The number of aromatic nitrogens is 2. The fraction of sp³-hybridized carbons (Fsp3) is 0.0714. The molecule has 0 amide bonds. The van der Waals surface area contributed by atoms with Crippen molar-refractivity contribution in [2.24, 2.45) is 5.73 Å². The first-order valence-corrected chi connectivity index (χ1v) is 7.36. The summed E-state index contributed by atoms with van der Waals surface area (Å²) in [5, 5.41) is 3.92. The first kappa shape index (κ1) is 13.7. The Balaban J connectivity index is 1.91. The first-order valence-electron chi connectivity index (χ1n) is 6.14. The number of fused-ring (bicyclic) bond motifs is 1. The van der Waals surface area contributed by atoms with E-state index in [2.05, 4.69) is 15.3 Å². The van der Waals surface area contributed by atoms with Crippen LogP contribution in [0.4, 0.5) is 10.9 Å². The van der Waals surface area contributed by atoms with Gasteiger partial charge in [0.25, 0.3) is 0 Å². The van der Waals surface area contributed by atoms with E-state index in [9.17, 15) is 0 Å². The molecule has 0 aliphatic heterocycles. The lowest BCUT2D eigenvalue weighted by Gasteiger charge is -2.03. The van der Waals surface area contributed by atoms with E-state index in [0.29, 0.717) is 11.5 Å². The predicted octanol–water partition coefficient (Wildman–Crippen LogP) is 3.08. The van der Waals surface area contributed by atoms with E-state index in [1.54, 1.807) is 13.2 Å². The van der Waals surface area contributed by atoms with Crippen molar-refractivity contribution in [3.05, 3.63) is 42.1 Å². The molecule has 21 heavy (non-hydrogen) atoms. The van der Waals surface area contributed by atoms with Crippen molar-refractivity contribution in [1.82, 2.24) is 9.97 Å². The molecular formula is C14H12N4OS2. The molecular weight excluding hydrogens is 304 g/mol. The van der Waals surface area contributed by atoms with Gasteiger partial charge in [0.1, 0.15) is 16.6 Å². The fourth-order valence-electron chi connectivity index (χ4n) is 1.84. The van der Waals surface area contributed by atoms with E-state index in [0.717, 1.165) is 21.1 Å². The van der Waals surface area contributed by atoms with Gasteiger partial charge >= 0.3 is 0 Å². The highest BCUT2D eigenvalue weighted by Gasteiger charge is 2.07. The maximum absolute atomic E-state index is 5.58. The smallest absolute Gasteiger partial charge is 0.189 e. The van der Waals surface area contributed by atoms with E-state index in [4.69, 9.17) is 22.7 Å². The zero-order valence-corrected chi connectivity index (χ0v) is 12.8. The SMILES string of the molecule is COc1ccc2nc(Nc3cccc(C(N)=S)n3)sc2c1. The summed E-state index contributed by atoms with van der Waals surface area (Å²) in [6.07, 6.45) is 0. The number of thiocarbonyl (C=S) groups is 1. The number of hydrogen-bond acceptors (Lipinski definition) is 6. The number of nitrogens with two attached hydrogens (primary N) is 1. The lowest BCUT2D eigenvalue weighted by molar-refractivity contribution is 0.415. The third-order valence-corrected chi connectivity index (χ3v) is 3.97. The van der Waals surface area contributed by atoms with Gasteiger partial charge in [0.05, 0.1) is 23.0 Å². The summed E-state index contributed by atoms with van der Waals surface area (Å²) in [6.45, 7) is 0. The van der Waals surface area contributed by atoms with Crippen LogP contribution < -0.4 is 15.8 Å². The number of pyridine rings is 1. The van der Waals surface area contributed by atoms with Crippen molar-refractivity contribution in [3.63, 3.8) is 0 Å². The van der Waals surface area contributed by atoms with Gasteiger partial charge in [0.15, 0.2) is 5.13 Å². The Bertz CT molecular complexity index is 816. The molecule has 3 N–H and O–H groups in total. The van der Waals surface area contributed by atoms with Gasteiger partial charge in [-0.1, -0.05) is 29.6 Å². The molecule has 0 bridgehead atoms. The standard InChI is InChI=1S/C14H12N4OS2/c1-19-8-5-6-9-11(7-8)21-14(17-9)18-12-4-2-3-10(16-12)13(15)20/h2-7H,1H3,(H2,15,20)(H,16,17,18). The molecule has 0 aliphatic carbocycles. The molecule has 0 radical (unpaired) electrons. The van der Waals surface area contributed by atoms with Crippen molar-refractivity contribution < 1.29 is 4.74 Å². The minimum Gasteiger partial charge on any atom is -0.497 e. The summed E-state index contributed by atoms with van der Waals surface area (Å²) in [7, 11) is 1.65. The maximum atomic E-state index is 5.58. The molecule has 3 aromatic rings. The molecule has 0 aliphatic rings. The molecule has 2 aromatic heterocycles. The van der Waals surface area contributed by atoms with Crippen LogP contribution >= 0.6 is 23.6 Å². The van der Waals surface area contributed by atoms with Gasteiger partial charge in [-0.2, -0.15) is 0 Å². The van der Waals surface area contributed by atoms with Gasteiger partial charge in [-0.05, 0) is 30.3 Å². The Morgan fingerprint density at radius 3 is 2.90 bits per heavy atom. The van der Waals surface area contributed by atoms with Crippen LogP contribution in [-0.4, -0.2) is 22.1 Å². The van der Waals surface area contributed by atoms with Crippen molar-refractivity contribution in [2.45, 2.75) is 0 Å². The van der Waals surface area contributed by atoms with Gasteiger partial charge in [-0.3, -0.25) is 0 Å². The number of nitrogens with one attached hydrogen (secondary N) is 1. The molecule has 1 aromatic carbocycles. The Labute approximate surface area is 130 Å². The minimum absolute atomic E-state index is 0.271. The van der Waals surface area contributed by atoms with E-state index < -0.39 is 0 Å². The van der Waals surface area contributed by atoms with Crippen LogP contribution in [0.5, 0.6) is 5.75 Å². The van der Waals surface area contributed by atoms with Crippen LogP contribution in [0.25, 0.3) is 10.2 Å². The highest BCUT2D eigenvalue weighted by molar-refractivity contribution is 7.80. The van der Waals surface area contributed by atoms with E-state index in [-0.39, 0.29) is 4.99 Å². The fourth-order valence-corrected chi connectivity index (χ4v) is 2.85. The third-order valence-electron chi connectivity index (χ3n) is 2.83. The van der Waals surface area contributed by atoms with Crippen LogP contribution in [-0.2, 0) is 0 Å². The van der Waals surface area contributed by atoms with E-state index >= 15 is 0 Å². The van der Waals surface area contributed by atoms with Crippen LogP contribution in [0, 0.1) is 0 Å². The van der Waals surface area contributed by atoms with Gasteiger partial charge in [0, 0.05) is 0 Å². The van der Waals surface area contributed by atoms with Crippen molar-refractivity contribution in [1.29, 1.82) is 0 Å². The van der Waals surface area contributed by atoms with Crippen LogP contribution in [0.1, 0.15) is 5.69 Å². The zero-order valence-electron chi connectivity index (χ0n) is 11.2. The summed E-state index contributed by atoms with van der Waals surface area (Å²) in [5.74, 6) is 1.47. The van der Waals surface area contributed by atoms with Gasteiger partial charge in [-0.15, -0.1) is 0 Å². The number of benzene rings is 1. The second-order valence-corrected chi connectivity index (χ2v) is 5.72. The molecule has 106 valence electrons. The van der Waals surface area contributed by atoms with Gasteiger partial charge in [-0.25, -0.2) is 9.97 Å².